The summed E-state index contributed by atoms with van der Waals surface area (Å²) in [6.45, 7) is 7.27. The maximum atomic E-state index is 13.4. The van der Waals surface area contributed by atoms with Crippen LogP contribution >= 0.6 is 0 Å². The van der Waals surface area contributed by atoms with Crippen molar-refractivity contribution >= 4 is 28.7 Å². The van der Waals surface area contributed by atoms with E-state index in [1.54, 1.807) is 51.2 Å². The number of likely N-dealkylation sites (tertiary alicyclic amines) is 1. The first-order valence-corrected chi connectivity index (χ1v) is 16.5. The third-order valence-electron chi connectivity index (χ3n) is 9.53. The van der Waals surface area contributed by atoms with Gasteiger partial charge in [0, 0.05) is 86.8 Å². The number of aromatic nitrogens is 1. The molecule has 5 rings (SSSR count). The van der Waals surface area contributed by atoms with Crippen LogP contribution in [-0.4, -0.2) is 83.1 Å². The van der Waals surface area contributed by atoms with Gasteiger partial charge in [-0.15, -0.1) is 0 Å². The summed E-state index contributed by atoms with van der Waals surface area (Å²) in [4.78, 5) is 45.5. The lowest BCUT2D eigenvalue weighted by molar-refractivity contribution is -0.174. The van der Waals surface area contributed by atoms with Crippen molar-refractivity contribution < 1.29 is 33.7 Å². The van der Waals surface area contributed by atoms with E-state index in [0.29, 0.717) is 71.7 Å². The molecule has 2 aliphatic heterocycles. The number of nitrogens with zero attached hydrogens (tertiary/aromatic N) is 2. The fourth-order valence-corrected chi connectivity index (χ4v) is 6.63. The number of nitrogen functional groups attached to an aromatic ring is 1. The zero-order valence-electron chi connectivity index (χ0n) is 28.1. The van der Waals surface area contributed by atoms with Gasteiger partial charge < -0.3 is 40.1 Å². The standard InChI is InChI=1S/C36H46N4O8/c1-5-23(8-10-42)34(45)48-35(2,3)36(16-26-13-31(37)39-19-28(26)14-32(43)40-20-22(21-40)18-38-4)17-27-12-25-11-24(7-6-9-41)33(44)46-29(25)15-30(27)47-36/h5,11-13,15,19,22,38,41-42H,6-10,14,16-18,20-21H2,1-4H3,(H2,37,39). The van der Waals surface area contributed by atoms with Crippen molar-refractivity contribution in [3.63, 3.8) is 0 Å². The number of allylic oxidation sites excluding steroid dienone is 1. The molecule has 0 radical (unpaired) electrons. The summed E-state index contributed by atoms with van der Waals surface area (Å²) < 4.78 is 18.7. The Morgan fingerprint density at radius 2 is 1.94 bits per heavy atom. The molecular formula is C36H46N4O8. The van der Waals surface area contributed by atoms with Gasteiger partial charge in [-0.25, -0.2) is 14.6 Å². The molecule has 4 heterocycles. The van der Waals surface area contributed by atoms with Crippen molar-refractivity contribution in [2.24, 2.45) is 5.92 Å². The number of pyridine rings is 1. The molecule has 3 aromatic rings. The number of rotatable bonds is 14. The summed E-state index contributed by atoms with van der Waals surface area (Å²) in [5.41, 5.74) is 6.71. The van der Waals surface area contributed by atoms with E-state index in [-0.39, 0.29) is 44.2 Å². The molecule has 0 bridgehead atoms. The molecule has 48 heavy (non-hydrogen) atoms. The van der Waals surface area contributed by atoms with Crippen LogP contribution in [0.3, 0.4) is 0 Å². The van der Waals surface area contributed by atoms with E-state index < -0.39 is 22.8 Å². The number of amides is 1. The quantitative estimate of drug-likeness (QED) is 0.113. The Labute approximate surface area is 279 Å². The third kappa shape index (κ3) is 7.25. The number of carbonyl (C=O) groups is 2. The number of aliphatic hydroxyl groups excluding tert-OH is 2. The number of aliphatic hydroxyl groups is 2. The molecular weight excluding hydrogens is 616 g/mol. The molecule has 258 valence electrons. The number of carbonyl (C=O) groups excluding carboxylic acids is 2. The summed E-state index contributed by atoms with van der Waals surface area (Å²) >= 11 is 0. The van der Waals surface area contributed by atoms with Crippen LogP contribution in [0.2, 0.25) is 0 Å². The second kappa shape index (κ2) is 14.5. The monoisotopic (exact) mass is 662 g/mol. The molecule has 1 amide bonds. The second-order valence-electron chi connectivity index (χ2n) is 13.3. The molecule has 1 saturated heterocycles. The van der Waals surface area contributed by atoms with E-state index in [1.807, 2.05) is 18.0 Å². The minimum absolute atomic E-state index is 0.00875. The average Bonchev–Trinajstić information content (AvgIpc) is 3.38. The molecule has 0 saturated carbocycles. The first-order chi connectivity index (χ1) is 22.9. The predicted octanol–water partition coefficient (Wildman–Crippen LogP) is 2.48. The minimum atomic E-state index is -1.25. The van der Waals surface area contributed by atoms with Gasteiger partial charge >= 0.3 is 11.6 Å². The molecule has 1 atom stereocenters. The largest absolute Gasteiger partial charge is 0.482 e. The zero-order valence-corrected chi connectivity index (χ0v) is 28.1. The SMILES string of the molecule is CC=C(CCO)C(=O)OC(C)(C)C1(Cc2cc(N)ncc2CC(=O)N2CC(CNC)C2)Cc2cc3cc(CCCO)c(=O)oc3cc2O1. The summed E-state index contributed by atoms with van der Waals surface area (Å²) in [5, 5.41) is 22.7. The highest BCUT2D eigenvalue weighted by atomic mass is 16.6. The topological polar surface area (TPSA) is 177 Å². The van der Waals surface area contributed by atoms with Crippen molar-refractivity contribution in [1.82, 2.24) is 15.2 Å². The van der Waals surface area contributed by atoms with Crippen LogP contribution < -0.4 is 21.4 Å². The third-order valence-corrected chi connectivity index (χ3v) is 9.53. The van der Waals surface area contributed by atoms with Crippen LogP contribution in [0.5, 0.6) is 5.75 Å². The smallest absolute Gasteiger partial charge is 0.339 e. The van der Waals surface area contributed by atoms with E-state index in [1.165, 1.54) is 0 Å². The number of hydrogen-bond donors (Lipinski definition) is 4. The van der Waals surface area contributed by atoms with Crippen molar-refractivity contribution in [3.05, 3.63) is 74.8 Å². The molecule has 12 heteroatoms. The lowest BCUT2D eigenvalue weighted by Crippen LogP contribution is -2.58. The number of nitrogens with two attached hydrogens (primary N) is 1. The Morgan fingerprint density at radius 3 is 2.62 bits per heavy atom. The number of fused-ring (bicyclic) bond motifs is 2. The zero-order chi connectivity index (χ0) is 34.6. The van der Waals surface area contributed by atoms with E-state index in [2.05, 4.69) is 10.3 Å². The maximum Gasteiger partial charge on any atom is 0.339 e. The van der Waals surface area contributed by atoms with E-state index in [9.17, 15) is 24.6 Å². The van der Waals surface area contributed by atoms with Crippen molar-refractivity contribution in [1.29, 1.82) is 0 Å². The number of anilines is 1. The fourth-order valence-electron chi connectivity index (χ4n) is 6.63. The summed E-state index contributed by atoms with van der Waals surface area (Å²) in [5.74, 6) is 0.604. The van der Waals surface area contributed by atoms with Crippen LogP contribution in [0.4, 0.5) is 5.82 Å². The Bertz CT molecular complexity index is 1760. The maximum absolute atomic E-state index is 13.4. The number of nitrogens with one attached hydrogen (secondary N) is 1. The summed E-state index contributed by atoms with van der Waals surface area (Å²) in [7, 11) is 1.90. The molecule has 1 fully saturated rings. The number of aryl methyl sites for hydroxylation is 1. The van der Waals surface area contributed by atoms with E-state index in [4.69, 9.17) is 19.6 Å². The normalized spacial score (nSPS) is 18.0. The van der Waals surface area contributed by atoms with Gasteiger partial charge in [-0.2, -0.15) is 0 Å². The van der Waals surface area contributed by atoms with Crippen LogP contribution in [0.1, 0.15) is 55.9 Å². The molecule has 0 spiro atoms. The highest BCUT2D eigenvalue weighted by Gasteiger charge is 2.54. The fraction of sp³-hybridized carbons (Fsp3) is 0.500. The number of benzene rings is 1. The first kappa shape index (κ1) is 35.1. The van der Waals surface area contributed by atoms with Crippen LogP contribution in [0.15, 0.2) is 51.3 Å². The Morgan fingerprint density at radius 1 is 1.17 bits per heavy atom. The van der Waals surface area contributed by atoms with Crippen molar-refractivity contribution in [2.75, 3.05) is 45.6 Å². The molecule has 1 unspecified atom stereocenters. The molecule has 2 aromatic heterocycles. The minimum Gasteiger partial charge on any atom is -0.482 e. The second-order valence-corrected chi connectivity index (χ2v) is 13.3. The molecule has 2 aliphatic rings. The van der Waals surface area contributed by atoms with Gasteiger partial charge in [0.15, 0.2) is 5.60 Å². The van der Waals surface area contributed by atoms with Gasteiger partial charge in [-0.1, -0.05) is 6.08 Å². The highest BCUT2D eigenvalue weighted by molar-refractivity contribution is 5.89. The molecule has 1 aromatic carbocycles. The number of esters is 1. The lowest BCUT2D eigenvalue weighted by atomic mass is 9.76. The molecule has 5 N–H and O–H groups in total. The van der Waals surface area contributed by atoms with Crippen LogP contribution in [0.25, 0.3) is 11.0 Å². The first-order valence-electron chi connectivity index (χ1n) is 16.5. The van der Waals surface area contributed by atoms with Gasteiger partial charge in [0.05, 0.1) is 6.42 Å². The van der Waals surface area contributed by atoms with Gasteiger partial charge in [0.1, 0.15) is 22.8 Å². The van der Waals surface area contributed by atoms with Crippen LogP contribution in [0, 0.1) is 5.92 Å². The Hall–Kier alpha value is -4.26. The Kier molecular flexibility index (Phi) is 10.6. The van der Waals surface area contributed by atoms with Gasteiger partial charge in [0.2, 0.25) is 5.91 Å². The van der Waals surface area contributed by atoms with Gasteiger partial charge in [0.25, 0.3) is 0 Å². The van der Waals surface area contributed by atoms with E-state index in [0.717, 1.165) is 17.7 Å². The molecule has 12 nitrogen and oxygen atoms in total. The van der Waals surface area contributed by atoms with E-state index >= 15 is 0 Å². The number of ether oxygens (including phenoxy) is 2. The number of hydrogen-bond acceptors (Lipinski definition) is 11. The summed E-state index contributed by atoms with van der Waals surface area (Å²) in [6.07, 6.45) is 4.87. The lowest BCUT2D eigenvalue weighted by Gasteiger charge is -2.43. The van der Waals surface area contributed by atoms with Crippen LogP contribution in [-0.2, 0) is 40.0 Å². The highest BCUT2D eigenvalue weighted by Crippen LogP contribution is 2.46. The van der Waals surface area contributed by atoms with Gasteiger partial charge in [-0.3, -0.25) is 4.79 Å². The molecule has 0 aliphatic carbocycles. The average molecular weight is 663 g/mol. The Balaban J connectivity index is 1.52. The summed E-state index contributed by atoms with van der Waals surface area (Å²) in [6, 6.07) is 7.11. The van der Waals surface area contributed by atoms with Crippen molar-refractivity contribution in [3.8, 4) is 5.75 Å². The predicted molar refractivity (Wildman–Crippen MR) is 181 cm³/mol. The van der Waals surface area contributed by atoms with Gasteiger partial charge in [-0.05, 0) is 75.5 Å². The van der Waals surface area contributed by atoms with Crippen molar-refractivity contribution in [2.45, 2.75) is 70.5 Å².